The number of rotatable bonds is 2. The summed E-state index contributed by atoms with van der Waals surface area (Å²) in [6.45, 7) is 9.98. The molecule has 0 unspecified atom stereocenters. The van der Waals surface area contributed by atoms with E-state index >= 15 is 0 Å². The van der Waals surface area contributed by atoms with Crippen LogP contribution in [0.5, 0.6) is 0 Å². The lowest BCUT2D eigenvalue weighted by atomic mass is 9.98. The average molecular weight is 279 g/mol. The average Bonchev–Trinajstić information content (AvgIpc) is 2.79. The summed E-state index contributed by atoms with van der Waals surface area (Å²) in [5, 5.41) is 0. The van der Waals surface area contributed by atoms with Crippen LogP contribution in [0.25, 0.3) is 0 Å². The highest BCUT2D eigenvalue weighted by molar-refractivity contribution is 4.97. The van der Waals surface area contributed by atoms with Crippen molar-refractivity contribution in [2.75, 3.05) is 33.2 Å². The Labute approximate surface area is 125 Å². The standard InChI is InChI=1S/C17H33N3/c1-14(2)19-11-7-15(8-12-19)20-13-9-16-17(20)6-4-5-10-18(16)3/h14-17H,4-13H2,1-3H3/t16-,17-/m1/s1. The predicted octanol–water partition coefficient (Wildman–Crippen LogP) is 2.42. The lowest BCUT2D eigenvalue weighted by Gasteiger charge is -2.41. The van der Waals surface area contributed by atoms with E-state index in [4.69, 9.17) is 0 Å². The smallest absolute Gasteiger partial charge is 0.0260 e. The van der Waals surface area contributed by atoms with Crippen molar-refractivity contribution in [3.8, 4) is 0 Å². The minimum Gasteiger partial charge on any atom is -0.302 e. The molecule has 0 saturated carbocycles. The predicted molar refractivity (Wildman–Crippen MR) is 85.1 cm³/mol. The van der Waals surface area contributed by atoms with Gasteiger partial charge >= 0.3 is 0 Å². The summed E-state index contributed by atoms with van der Waals surface area (Å²) >= 11 is 0. The van der Waals surface area contributed by atoms with Gasteiger partial charge in [-0.3, -0.25) is 4.90 Å². The molecule has 3 nitrogen and oxygen atoms in total. The van der Waals surface area contributed by atoms with E-state index in [2.05, 4.69) is 35.6 Å². The summed E-state index contributed by atoms with van der Waals surface area (Å²) in [5.41, 5.74) is 0. The molecule has 0 N–H and O–H groups in total. The van der Waals surface area contributed by atoms with E-state index in [1.165, 1.54) is 64.7 Å². The molecule has 0 aromatic carbocycles. The third kappa shape index (κ3) is 2.90. The summed E-state index contributed by atoms with van der Waals surface area (Å²) in [6.07, 6.45) is 8.48. The highest BCUT2D eigenvalue weighted by Gasteiger charge is 2.41. The molecule has 3 heterocycles. The van der Waals surface area contributed by atoms with Gasteiger partial charge in [-0.25, -0.2) is 0 Å². The monoisotopic (exact) mass is 279 g/mol. The Morgan fingerprint density at radius 3 is 2.25 bits per heavy atom. The first-order chi connectivity index (χ1) is 9.66. The Morgan fingerprint density at radius 2 is 1.55 bits per heavy atom. The van der Waals surface area contributed by atoms with Gasteiger partial charge in [0.15, 0.2) is 0 Å². The van der Waals surface area contributed by atoms with Crippen molar-refractivity contribution in [1.29, 1.82) is 0 Å². The van der Waals surface area contributed by atoms with Gasteiger partial charge < -0.3 is 9.80 Å². The van der Waals surface area contributed by atoms with Crippen LogP contribution in [0.15, 0.2) is 0 Å². The van der Waals surface area contributed by atoms with Gasteiger partial charge in [0.05, 0.1) is 0 Å². The Bertz CT molecular complexity index is 309. The summed E-state index contributed by atoms with van der Waals surface area (Å²) in [6, 6.07) is 3.30. The van der Waals surface area contributed by atoms with Crippen molar-refractivity contribution >= 4 is 0 Å². The lowest BCUT2D eigenvalue weighted by Crippen LogP contribution is -2.50. The third-order valence-electron chi connectivity index (χ3n) is 6.08. The number of likely N-dealkylation sites (N-methyl/N-ethyl adjacent to an activating group) is 1. The van der Waals surface area contributed by atoms with Crippen molar-refractivity contribution in [2.24, 2.45) is 0 Å². The maximum atomic E-state index is 2.91. The van der Waals surface area contributed by atoms with Crippen LogP contribution < -0.4 is 0 Å². The Kier molecular flexibility index (Phi) is 4.68. The van der Waals surface area contributed by atoms with Crippen molar-refractivity contribution < 1.29 is 0 Å². The minimum absolute atomic E-state index is 0.728. The fourth-order valence-electron chi connectivity index (χ4n) is 4.80. The summed E-state index contributed by atoms with van der Waals surface area (Å²) < 4.78 is 0. The Morgan fingerprint density at radius 1 is 0.800 bits per heavy atom. The molecule has 3 saturated heterocycles. The van der Waals surface area contributed by atoms with Crippen LogP contribution in [0.2, 0.25) is 0 Å². The molecule has 3 fully saturated rings. The van der Waals surface area contributed by atoms with Gasteiger partial charge in [-0.1, -0.05) is 6.42 Å². The van der Waals surface area contributed by atoms with E-state index in [9.17, 15) is 0 Å². The largest absolute Gasteiger partial charge is 0.302 e. The molecule has 3 aliphatic rings. The Balaban J connectivity index is 1.61. The van der Waals surface area contributed by atoms with Crippen LogP contribution in [0.3, 0.4) is 0 Å². The summed E-state index contributed by atoms with van der Waals surface area (Å²) in [5.74, 6) is 0. The van der Waals surface area contributed by atoms with Crippen molar-refractivity contribution in [3.63, 3.8) is 0 Å². The maximum absolute atomic E-state index is 2.91. The Hall–Kier alpha value is -0.120. The highest BCUT2D eigenvalue weighted by atomic mass is 15.3. The molecule has 0 amide bonds. The molecule has 3 aliphatic heterocycles. The molecule has 0 aromatic rings. The fraction of sp³-hybridized carbons (Fsp3) is 1.00. The van der Waals surface area contributed by atoms with Crippen LogP contribution in [-0.4, -0.2) is 72.1 Å². The van der Waals surface area contributed by atoms with E-state index in [1.54, 1.807) is 0 Å². The number of hydrogen-bond donors (Lipinski definition) is 0. The molecule has 0 spiro atoms. The quantitative estimate of drug-likeness (QED) is 0.768. The summed E-state index contributed by atoms with van der Waals surface area (Å²) in [4.78, 5) is 8.22. The van der Waals surface area contributed by atoms with E-state index < -0.39 is 0 Å². The molecule has 116 valence electrons. The number of piperidine rings is 1. The molecule has 2 atom stereocenters. The van der Waals surface area contributed by atoms with Crippen LogP contribution in [-0.2, 0) is 0 Å². The number of fused-ring (bicyclic) bond motifs is 1. The maximum Gasteiger partial charge on any atom is 0.0260 e. The second-order valence-electron chi connectivity index (χ2n) is 7.50. The third-order valence-corrected chi connectivity index (χ3v) is 6.08. The first kappa shape index (κ1) is 14.8. The van der Waals surface area contributed by atoms with Crippen LogP contribution >= 0.6 is 0 Å². The molecular weight excluding hydrogens is 246 g/mol. The van der Waals surface area contributed by atoms with Crippen LogP contribution in [0.1, 0.15) is 52.4 Å². The normalized spacial score (nSPS) is 35.4. The van der Waals surface area contributed by atoms with Crippen molar-refractivity contribution in [2.45, 2.75) is 76.5 Å². The SMILES string of the molecule is CC(C)N1CCC(N2CC[C@@H]3[C@H]2CCCCN3C)CC1. The van der Waals surface area contributed by atoms with Crippen LogP contribution in [0.4, 0.5) is 0 Å². The zero-order chi connectivity index (χ0) is 14.1. The first-order valence-electron chi connectivity index (χ1n) is 8.87. The summed E-state index contributed by atoms with van der Waals surface area (Å²) in [7, 11) is 2.36. The molecule has 0 bridgehead atoms. The molecule has 0 aromatic heterocycles. The first-order valence-corrected chi connectivity index (χ1v) is 8.87. The van der Waals surface area contributed by atoms with Gasteiger partial charge in [-0.15, -0.1) is 0 Å². The number of likely N-dealkylation sites (tertiary alicyclic amines) is 3. The van der Waals surface area contributed by atoms with Gasteiger partial charge in [0.1, 0.15) is 0 Å². The number of nitrogens with zero attached hydrogens (tertiary/aromatic N) is 3. The van der Waals surface area contributed by atoms with E-state index in [1.807, 2.05) is 0 Å². The molecule has 0 radical (unpaired) electrons. The molecule has 20 heavy (non-hydrogen) atoms. The topological polar surface area (TPSA) is 9.72 Å². The van der Waals surface area contributed by atoms with Crippen LogP contribution in [0, 0.1) is 0 Å². The van der Waals surface area contributed by atoms with Crippen molar-refractivity contribution in [1.82, 2.24) is 14.7 Å². The molecule has 3 rings (SSSR count). The van der Waals surface area contributed by atoms with E-state index in [-0.39, 0.29) is 0 Å². The second-order valence-corrected chi connectivity index (χ2v) is 7.50. The fourth-order valence-corrected chi connectivity index (χ4v) is 4.80. The molecule has 0 aliphatic carbocycles. The second kappa shape index (κ2) is 6.33. The van der Waals surface area contributed by atoms with Gasteiger partial charge in [-0.2, -0.15) is 0 Å². The minimum atomic E-state index is 0.728. The molecular formula is C17H33N3. The highest BCUT2D eigenvalue weighted by Crippen LogP contribution is 2.33. The van der Waals surface area contributed by atoms with Gasteiger partial charge in [-0.05, 0) is 72.6 Å². The van der Waals surface area contributed by atoms with Crippen molar-refractivity contribution in [3.05, 3.63) is 0 Å². The molecule has 3 heteroatoms. The van der Waals surface area contributed by atoms with Gasteiger partial charge in [0, 0.05) is 30.7 Å². The van der Waals surface area contributed by atoms with E-state index in [0.717, 1.165) is 24.2 Å². The van der Waals surface area contributed by atoms with Gasteiger partial charge in [0.2, 0.25) is 0 Å². The van der Waals surface area contributed by atoms with Gasteiger partial charge in [0.25, 0.3) is 0 Å². The van der Waals surface area contributed by atoms with E-state index in [0.29, 0.717) is 0 Å². The number of hydrogen-bond acceptors (Lipinski definition) is 3. The zero-order valence-corrected chi connectivity index (χ0v) is 13.7. The zero-order valence-electron chi connectivity index (χ0n) is 13.7. The lowest BCUT2D eigenvalue weighted by molar-refractivity contribution is 0.0707.